The average molecular weight is 260 g/mol. The van der Waals surface area contributed by atoms with Crippen molar-refractivity contribution in [2.24, 2.45) is 0 Å². The van der Waals surface area contributed by atoms with Gasteiger partial charge >= 0.3 is 6.03 Å². The predicted octanol–water partition coefficient (Wildman–Crippen LogP) is 1.29. The number of rotatable bonds is 1. The molecule has 0 unspecified atom stereocenters. The fraction of sp³-hybridized carbons (Fsp3) is 0.429. The van der Waals surface area contributed by atoms with Crippen molar-refractivity contribution in [2.75, 3.05) is 11.4 Å². The van der Waals surface area contributed by atoms with Crippen molar-refractivity contribution in [1.82, 2.24) is 4.90 Å². The molecule has 5 nitrogen and oxygen atoms in total. The highest BCUT2D eigenvalue weighted by Gasteiger charge is 2.50. The second kappa shape index (κ2) is 4.35. The summed E-state index contributed by atoms with van der Waals surface area (Å²) in [6.45, 7) is 2.40. The molecule has 1 N–H and O–H groups in total. The lowest BCUT2D eigenvalue weighted by Gasteiger charge is -2.30. The lowest BCUT2D eigenvalue weighted by molar-refractivity contribution is -0.124. The minimum Gasteiger partial charge on any atom is -0.390 e. The van der Waals surface area contributed by atoms with E-state index in [-0.39, 0.29) is 11.9 Å². The van der Waals surface area contributed by atoms with Gasteiger partial charge in [-0.05, 0) is 31.4 Å². The summed E-state index contributed by atoms with van der Waals surface area (Å²) in [4.78, 5) is 27.5. The van der Waals surface area contributed by atoms with E-state index in [4.69, 9.17) is 0 Å². The second-order valence-corrected chi connectivity index (χ2v) is 5.09. The Labute approximate surface area is 111 Å². The Morgan fingerprint density at radius 2 is 2.00 bits per heavy atom. The van der Waals surface area contributed by atoms with E-state index < -0.39 is 12.1 Å². The van der Waals surface area contributed by atoms with Crippen LogP contribution in [0.5, 0.6) is 0 Å². The van der Waals surface area contributed by atoms with Crippen LogP contribution in [0.4, 0.5) is 10.5 Å². The van der Waals surface area contributed by atoms with Crippen LogP contribution in [-0.4, -0.2) is 40.6 Å². The fourth-order valence-corrected chi connectivity index (χ4v) is 2.88. The van der Waals surface area contributed by atoms with Gasteiger partial charge in [-0.1, -0.05) is 18.2 Å². The van der Waals surface area contributed by atoms with Gasteiger partial charge in [0, 0.05) is 6.54 Å². The molecule has 0 aromatic heterocycles. The number of piperidine rings is 1. The van der Waals surface area contributed by atoms with Gasteiger partial charge < -0.3 is 10.0 Å². The normalized spacial score (nSPS) is 26.8. The van der Waals surface area contributed by atoms with Crippen molar-refractivity contribution in [3.8, 4) is 0 Å². The highest BCUT2D eigenvalue weighted by molar-refractivity contribution is 6.22. The summed E-state index contributed by atoms with van der Waals surface area (Å²) in [6.07, 6.45) is 0.555. The molecular formula is C14H16N2O3. The van der Waals surface area contributed by atoms with E-state index in [1.165, 1.54) is 9.80 Å². The number of aliphatic hydroxyl groups excluding tert-OH is 1. The lowest BCUT2D eigenvalue weighted by atomic mass is 10.00. The molecule has 2 aliphatic heterocycles. The molecule has 0 bridgehead atoms. The molecule has 1 aromatic rings. The van der Waals surface area contributed by atoms with Gasteiger partial charge in [0.1, 0.15) is 6.04 Å². The number of fused-ring (bicyclic) bond motifs is 1. The first-order chi connectivity index (χ1) is 9.11. The van der Waals surface area contributed by atoms with Gasteiger partial charge in [-0.25, -0.2) is 9.69 Å². The summed E-state index contributed by atoms with van der Waals surface area (Å²) in [6, 6.07) is 6.27. The number of amides is 3. The van der Waals surface area contributed by atoms with Crippen molar-refractivity contribution in [3.05, 3.63) is 29.8 Å². The van der Waals surface area contributed by atoms with E-state index in [1.54, 1.807) is 12.1 Å². The number of aliphatic hydroxyl groups is 1. The molecule has 0 saturated carbocycles. The molecule has 2 atom stereocenters. The number of aryl methyl sites for hydroxylation is 1. The van der Waals surface area contributed by atoms with E-state index in [2.05, 4.69) is 0 Å². The Kier molecular flexibility index (Phi) is 2.78. The third-order valence-corrected chi connectivity index (χ3v) is 3.87. The number of anilines is 1. The van der Waals surface area contributed by atoms with Crippen LogP contribution < -0.4 is 4.90 Å². The van der Waals surface area contributed by atoms with E-state index in [0.29, 0.717) is 18.7 Å². The summed E-state index contributed by atoms with van der Waals surface area (Å²) in [5.41, 5.74) is 1.48. The van der Waals surface area contributed by atoms with Crippen LogP contribution in [0.1, 0.15) is 18.4 Å². The fourth-order valence-electron chi connectivity index (χ4n) is 2.88. The van der Waals surface area contributed by atoms with Gasteiger partial charge in [0.2, 0.25) is 0 Å². The average Bonchev–Trinajstić information content (AvgIpc) is 2.64. The molecule has 0 radical (unpaired) electrons. The quantitative estimate of drug-likeness (QED) is 0.774. The predicted molar refractivity (Wildman–Crippen MR) is 69.8 cm³/mol. The summed E-state index contributed by atoms with van der Waals surface area (Å²) >= 11 is 0. The number of imide groups is 1. The monoisotopic (exact) mass is 260 g/mol. The number of hydrogen-bond acceptors (Lipinski definition) is 3. The maximum absolute atomic E-state index is 12.4. The van der Waals surface area contributed by atoms with E-state index >= 15 is 0 Å². The largest absolute Gasteiger partial charge is 0.390 e. The highest BCUT2D eigenvalue weighted by Crippen LogP contribution is 2.32. The van der Waals surface area contributed by atoms with E-state index in [9.17, 15) is 14.7 Å². The van der Waals surface area contributed by atoms with Gasteiger partial charge in [0.25, 0.3) is 5.91 Å². The minimum atomic E-state index is -0.751. The SMILES string of the molecule is Cc1ccccc1N1C(=O)[C@H]2[C@H](O)CCCN2C1=O. The zero-order valence-corrected chi connectivity index (χ0v) is 10.7. The van der Waals surface area contributed by atoms with Gasteiger partial charge in [0.15, 0.2) is 0 Å². The summed E-state index contributed by atoms with van der Waals surface area (Å²) in [7, 11) is 0. The van der Waals surface area contributed by atoms with Crippen LogP contribution in [0.3, 0.4) is 0 Å². The molecule has 3 amide bonds. The van der Waals surface area contributed by atoms with Crippen LogP contribution in [0, 0.1) is 6.92 Å². The zero-order valence-electron chi connectivity index (χ0n) is 10.7. The Hall–Kier alpha value is -1.88. The Balaban J connectivity index is 2.02. The van der Waals surface area contributed by atoms with Gasteiger partial charge in [-0.15, -0.1) is 0 Å². The minimum absolute atomic E-state index is 0.313. The summed E-state index contributed by atoms with van der Waals surface area (Å²) < 4.78 is 0. The third-order valence-electron chi connectivity index (χ3n) is 3.87. The lowest BCUT2D eigenvalue weighted by Crippen LogP contribution is -2.48. The zero-order chi connectivity index (χ0) is 13.6. The summed E-state index contributed by atoms with van der Waals surface area (Å²) in [5, 5.41) is 9.96. The second-order valence-electron chi connectivity index (χ2n) is 5.09. The van der Waals surface area contributed by atoms with Crippen LogP contribution in [0.25, 0.3) is 0 Å². The maximum Gasteiger partial charge on any atom is 0.332 e. The Morgan fingerprint density at radius 1 is 1.26 bits per heavy atom. The molecule has 0 spiro atoms. The molecule has 3 rings (SSSR count). The van der Waals surface area contributed by atoms with Gasteiger partial charge in [-0.3, -0.25) is 4.79 Å². The van der Waals surface area contributed by atoms with Crippen LogP contribution >= 0.6 is 0 Å². The molecule has 2 heterocycles. The van der Waals surface area contributed by atoms with Crippen molar-refractivity contribution < 1.29 is 14.7 Å². The third kappa shape index (κ3) is 1.73. The number of carbonyl (C=O) groups is 2. The maximum atomic E-state index is 12.4. The molecule has 2 aliphatic rings. The van der Waals surface area contributed by atoms with Crippen molar-refractivity contribution >= 4 is 17.6 Å². The first kappa shape index (κ1) is 12.2. The Bertz CT molecular complexity index is 543. The molecule has 2 saturated heterocycles. The number of carbonyl (C=O) groups excluding carboxylic acids is 2. The van der Waals surface area contributed by atoms with Crippen LogP contribution in [0.15, 0.2) is 24.3 Å². The molecule has 2 fully saturated rings. The van der Waals surface area contributed by atoms with Crippen molar-refractivity contribution in [1.29, 1.82) is 0 Å². The molecule has 100 valence electrons. The van der Waals surface area contributed by atoms with E-state index in [1.807, 2.05) is 19.1 Å². The van der Waals surface area contributed by atoms with Crippen molar-refractivity contribution in [3.63, 3.8) is 0 Å². The van der Waals surface area contributed by atoms with Crippen LogP contribution in [-0.2, 0) is 4.79 Å². The van der Waals surface area contributed by atoms with Gasteiger partial charge in [0.05, 0.1) is 11.8 Å². The standard InChI is InChI=1S/C14H16N2O3/c1-9-5-2-3-6-10(9)16-13(18)12-11(17)7-4-8-15(12)14(16)19/h2-3,5-6,11-12,17H,4,7-8H2,1H3/t11-,12-/m1/s1. The highest BCUT2D eigenvalue weighted by atomic mass is 16.3. The Morgan fingerprint density at radius 3 is 2.68 bits per heavy atom. The topological polar surface area (TPSA) is 60.9 Å². The van der Waals surface area contributed by atoms with E-state index in [0.717, 1.165) is 12.0 Å². The molecule has 19 heavy (non-hydrogen) atoms. The van der Waals surface area contributed by atoms with Gasteiger partial charge in [-0.2, -0.15) is 0 Å². The number of benzene rings is 1. The van der Waals surface area contributed by atoms with Crippen molar-refractivity contribution in [2.45, 2.75) is 31.9 Å². The smallest absolute Gasteiger partial charge is 0.332 e. The first-order valence-corrected chi connectivity index (χ1v) is 6.49. The number of hydrogen-bond donors (Lipinski definition) is 1. The number of urea groups is 1. The number of para-hydroxylation sites is 1. The summed E-state index contributed by atoms with van der Waals surface area (Å²) in [5.74, 6) is -0.313. The first-order valence-electron chi connectivity index (χ1n) is 6.49. The van der Waals surface area contributed by atoms with Crippen LogP contribution in [0.2, 0.25) is 0 Å². The molecule has 0 aliphatic carbocycles. The molecule has 1 aromatic carbocycles. The molecule has 5 heteroatoms. The molecular weight excluding hydrogens is 244 g/mol. The number of nitrogens with zero attached hydrogens (tertiary/aromatic N) is 2.